The number of nitrogens with one attached hydrogen (secondary N) is 1. The zero-order valence-corrected chi connectivity index (χ0v) is 11.4. The Morgan fingerprint density at radius 1 is 1.39 bits per heavy atom. The summed E-state index contributed by atoms with van der Waals surface area (Å²) in [7, 11) is 0. The van der Waals surface area contributed by atoms with Crippen molar-refractivity contribution in [2.45, 2.75) is 39.5 Å². The minimum absolute atomic E-state index is 0.657. The number of anilines is 1. The van der Waals surface area contributed by atoms with Crippen LogP contribution in [0, 0.1) is 0 Å². The van der Waals surface area contributed by atoms with E-state index in [0.717, 1.165) is 43.9 Å². The fourth-order valence-corrected chi connectivity index (χ4v) is 1.45. The molecule has 100 valence electrons. The summed E-state index contributed by atoms with van der Waals surface area (Å²) in [5.74, 6) is 2.32. The Morgan fingerprint density at radius 3 is 2.89 bits per heavy atom. The highest BCUT2D eigenvalue weighted by atomic mass is 16.5. The van der Waals surface area contributed by atoms with Crippen molar-refractivity contribution in [1.29, 1.82) is 0 Å². The van der Waals surface area contributed by atoms with Crippen molar-refractivity contribution in [2.75, 3.05) is 18.5 Å². The summed E-state index contributed by atoms with van der Waals surface area (Å²) in [5.41, 5.74) is 0. The molecule has 0 amide bonds. The van der Waals surface area contributed by atoms with E-state index < -0.39 is 0 Å². The summed E-state index contributed by atoms with van der Waals surface area (Å²) in [6, 6.07) is 1.86. The maximum absolute atomic E-state index is 5.63. The predicted octanol–water partition coefficient (Wildman–Crippen LogP) is 3.21. The van der Waals surface area contributed by atoms with Crippen molar-refractivity contribution in [1.82, 2.24) is 9.97 Å². The van der Waals surface area contributed by atoms with Crippen molar-refractivity contribution in [3.63, 3.8) is 0 Å². The van der Waals surface area contributed by atoms with Gasteiger partial charge in [0.15, 0.2) is 0 Å². The highest BCUT2D eigenvalue weighted by Crippen LogP contribution is 2.14. The Bertz CT molecular complexity index is 366. The minimum Gasteiger partial charge on any atom is -0.478 e. The molecule has 1 heterocycles. The molecule has 0 aliphatic rings. The molecule has 0 saturated carbocycles. The van der Waals surface area contributed by atoms with Gasteiger partial charge in [0.05, 0.1) is 6.61 Å². The maximum atomic E-state index is 5.63. The van der Waals surface area contributed by atoms with E-state index in [0.29, 0.717) is 12.5 Å². The van der Waals surface area contributed by atoms with Gasteiger partial charge < -0.3 is 10.1 Å². The van der Waals surface area contributed by atoms with Crippen LogP contribution < -0.4 is 10.1 Å². The smallest absolute Gasteiger partial charge is 0.218 e. The molecule has 1 rings (SSSR count). The quantitative estimate of drug-likeness (QED) is 0.539. The fraction of sp³-hybridized carbons (Fsp3) is 0.571. The lowest BCUT2D eigenvalue weighted by atomic mass is 10.3. The molecule has 0 aliphatic carbocycles. The Kier molecular flexibility index (Phi) is 6.84. The van der Waals surface area contributed by atoms with E-state index in [4.69, 9.17) is 4.74 Å². The van der Waals surface area contributed by atoms with Crippen molar-refractivity contribution in [2.24, 2.45) is 0 Å². The van der Waals surface area contributed by atoms with E-state index >= 15 is 0 Å². The summed E-state index contributed by atoms with van der Waals surface area (Å²) in [6.07, 6.45) is 5.71. The van der Waals surface area contributed by atoms with E-state index in [9.17, 15) is 0 Å². The summed E-state index contributed by atoms with van der Waals surface area (Å²) < 4.78 is 5.63. The number of rotatable bonds is 9. The van der Waals surface area contributed by atoms with Gasteiger partial charge in [-0.05, 0) is 19.3 Å². The van der Waals surface area contributed by atoms with Crippen molar-refractivity contribution >= 4 is 5.82 Å². The van der Waals surface area contributed by atoms with Gasteiger partial charge in [-0.3, -0.25) is 0 Å². The molecule has 0 spiro atoms. The molecule has 0 aromatic carbocycles. The number of unbranched alkanes of at least 4 members (excludes halogenated alkanes) is 1. The van der Waals surface area contributed by atoms with Crippen molar-refractivity contribution in [3.05, 3.63) is 24.5 Å². The molecule has 0 bridgehead atoms. The van der Waals surface area contributed by atoms with Crippen LogP contribution in [0.25, 0.3) is 0 Å². The molecule has 4 nitrogen and oxygen atoms in total. The number of aryl methyl sites for hydroxylation is 1. The third kappa shape index (κ3) is 5.17. The Morgan fingerprint density at radius 2 is 2.22 bits per heavy atom. The van der Waals surface area contributed by atoms with Crippen LogP contribution in [0.2, 0.25) is 0 Å². The Hall–Kier alpha value is -1.58. The number of hydrogen-bond acceptors (Lipinski definition) is 4. The molecule has 0 aliphatic heterocycles. The molecule has 1 N–H and O–H groups in total. The Labute approximate surface area is 109 Å². The van der Waals surface area contributed by atoms with Gasteiger partial charge in [0.1, 0.15) is 11.6 Å². The van der Waals surface area contributed by atoms with E-state index in [2.05, 4.69) is 28.8 Å². The molecule has 0 atom stereocenters. The predicted molar refractivity (Wildman–Crippen MR) is 75.1 cm³/mol. The lowest BCUT2D eigenvalue weighted by molar-refractivity contribution is 0.299. The van der Waals surface area contributed by atoms with Crippen LogP contribution in [0.3, 0.4) is 0 Å². The van der Waals surface area contributed by atoms with E-state index in [1.807, 2.05) is 19.1 Å². The maximum Gasteiger partial charge on any atom is 0.218 e. The summed E-state index contributed by atoms with van der Waals surface area (Å²) in [6.45, 7) is 9.44. The second-order valence-corrected chi connectivity index (χ2v) is 4.07. The van der Waals surface area contributed by atoms with Gasteiger partial charge in [-0.15, -0.1) is 6.58 Å². The average molecular weight is 249 g/mol. The van der Waals surface area contributed by atoms with Gasteiger partial charge in [-0.2, -0.15) is 4.98 Å². The third-order valence-corrected chi connectivity index (χ3v) is 2.42. The van der Waals surface area contributed by atoms with Crippen LogP contribution in [-0.4, -0.2) is 23.1 Å². The molecular weight excluding hydrogens is 226 g/mol. The summed E-state index contributed by atoms with van der Waals surface area (Å²) in [5, 5.41) is 3.26. The number of ether oxygens (including phenoxy) is 1. The van der Waals surface area contributed by atoms with Gasteiger partial charge in [-0.25, -0.2) is 4.98 Å². The largest absolute Gasteiger partial charge is 0.478 e. The van der Waals surface area contributed by atoms with Gasteiger partial charge in [0.25, 0.3) is 0 Å². The highest BCUT2D eigenvalue weighted by Gasteiger charge is 2.03. The lowest BCUT2D eigenvalue weighted by Gasteiger charge is -2.09. The first-order chi connectivity index (χ1) is 8.80. The molecular formula is C14H23N3O. The topological polar surface area (TPSA) is 47.0 Å². The molecule has 1 aromatic heterocycles. The SMILES string of the molecule is C=CCCCOc1cc(NCCC)nc(CC)n1. The van der Waals surface area contributed by atoms with Gasteiger partial charge in [0, 0.05) is 19.0 Å². The first-order valence-corrected chi connectivity index (χ1v) is 6.65. The monoisotopic (exact) mass is 249 g/mol. The standard InChI is InChI=1S/C14H23N3O/c1-4-7-8-10-18-14-11-13(15-9-5-2)16-12(6-3)17-14/h4,11H,1,5-10H2,2-3H3,(H,15,16,17). The van der Waals surface area contributed by atoms with Crippen LogP contribution in [0.5, 0.6) is 5.88 Å². The van der Waals surface area contributed by atoms with Crippen LogP contribution in [0.4, 0.5) is 5.82 Å². The summed E-state index contributed by atoms with van der Waals surface area (Å²) in [4.78, 5) is 8.77. The Balaban J connectivity index is 2.61. The highest BCUT2D eigenvalue weighted by molar-refractivity contribution is 5.38. The normalized spacial score (nSPS) is 10.1. The first-order valence-electron chi connectivity index (χ1n) is 6.65. The zero-order valence-electron chi connectivity index (χ0n) is 11.4. The van der Waals surface area contributed by atoms with Gasteiger partial charge in [0.2, 0.25) is 5.88 Å². The molecule has 0 radical (unpaired) electrons. The van der Waals surface area contributed by atoms with Gasteiger partial charge >= 0.3 is 0 Å². The molecule has 0 fully saturated rings. The summed E-state index contributed by atoms with van der Waals surface area (Å²) >= 11 is 0. The van der Waals surface area contributed by atoms with Gasteiger partial charge in [-0.1, -0.05) is 19.9 Å². The van der Waals surface area contributed by atoms with E-state index in [1.54, 1.807) is 0 Å². The van der Waals surface area contributed by atoms with Crippen LogP contribution in [0.15, 0.2) is 18.7 Å². The van der Waals surface area contributed by atoms with Crippen molar-refractivity contribution < 1.29 is 4.74 Å². The molecule has 0 saturated heterocycles. The fourth-order valence-electron chi connectivity index (χ4n) is 1.45. The van der Waals surface area contributed by atoms with E-state index in [1.165, 1.54) is 0 Å². The molecule has 18 heavy (non-hydrogen) atoms. The second-order valence-electron chi connectivity index (χ2n) is 4.07. The third-order valence-electron chi connectivity index (χ3n) is 2.42. The zero-order chi connectivity index (χ0) is 13.2. The second kappa shape index (κ2) is 8.50. The lowest BCUT2D eigenvalue weighted by Crippen LogP contribution is -2.07. The number of allylic oxidation sites excluding steroid dienone is 1. The number of aromatic nitrogens is 2. The molecule has 0 unspecified atom stereocenters. The average Bonchev–Trinajstić information content (AvgIpc) is 2.41. The van der Waals surface area contributed by atoms with Crippen LogP contribution in [0.1, 0.15) is 38.9 Å². The minimum atomic E-state index is 0.657. The van der Waals surface area contributed by atoms with Crippen LogP contribution >= 0.6 is 0 Å². The van der Waals surface area contributed by atoms with Crippen molar-refractivity contribution in [3.8, 4) is 5.88 Å². The number of hydrogen-bond donors (Lipinski definition) is 1. The first kappa shape index (κ1) is 14.5. The molecule has 4 heteroatoms. The van der Waals surface area contributed by atoms with E-state index in [-0.39, 0.29) is 0 Å². The molecule has 1 aromatic rings. The van der Waals surface area contributed by atoms with Crippen LogP contribution in [-0.2, 0) is 6.42 Å². The number of nitrogens with zero attached hydrogens (tertiary/aromatic N) is 2.